The number of ether oxygens (including phenoxy) is 1. The van der Waals surface area contributed by atoms with Crippen LogP contribution in [0.3, 0.4) is 0 Å². The van der Waals surface area contributed by atoms with Gasteiger partial charge in [0.1, 0.15) is 0 Å². The van der Waals surface area contributed by atoms with Gasteiger partial charge in [-0.05, 0) is 38.3 Å². The first-order chi connectivity index (χ1) is 13.0. The minimum absolute atomic E-state index is 0.0767. The highest BCUT2D eigenvalue weighted by Gasteiger charge is 2.17. The topological polar surface area (TPSA) is 87.2 Å². The minimum atomic E-state index is -0.469. The molecule has 0 saturated heterocycles. The number of carbonyl (C=O) groups excluding carboxylic acids is 2. The van der Waals surface area contributed by atoms with Gasteiger partial charge < -0.3 is 13.8 Å². The third-order valence-corrected chi connectivity index (χ3v) is 5.17. The molecule has 0 saturated carbocycles. The summed E-state index contributed by atoms with van der Waals surface area (Å²) in [5, 5.41) is 5.82. The molecule has 7 nitrogen and oxygen atoms in total. The number of nitrogens with zero attached hydrogens (tertiary/aromatic N) is 3. The van der Waals surface area contributed by atoms with E-state index in [0.717, 1.165) is 22.8 Å². The Bertz CT molecular complexity index is 940. The average molecular weight is 387 g/mol. The lowest BCUT2D eigenvalue weighted by molar-refractivity contribution is -0.142. The van der Waals surface area contributed by atoms with Crippen molar-refractivity contribution < 1.29 is 18.8 Å². The highest BCUT2D eigenvalue weighted by Crippen LogP contribution is 2.21. The van der Waals surface area contributed by atoms with Crippen LogP contribution >= 0.6 is 11.3 Å². The monoisotopic (exact) mass is 387 g/mol. The Hall–Kier alpha value is -2.74. The van der Waals surface area contributed by atoms with Crippen LogP contribution < -0.4 is 0 Å². The van der Waals surface area contributed by atoms with Crippen molar-refractivity contribution in [1.29, 1.82) is 0 Å². The number of aryl methyl sites for hydroxylation is 2. The van der Waals surface area contributed by atoms with Gasteiger partial charge in [0.15, 0.2) is 6.61 Å². The number of esters is 1. The SMILES string of the molecule is CCn1c(C)cc(C(=O)COC(=O)CCc2nc(-c3cccs3)no2)c1C. The maximum Gasteiger partial charge on any atom is 0.306 e. The lowest BCUT2D eigenvalue weighted by Crippen LogP contribution is -2.15. The Kier molecular flexibility index (Phi) is 5.85. The molecule has 0 aliphatic rings. The van der Waals surface area contributed by atoms with E-state index in [1.165, 1.54) is 11.3 Å². The van der Waals surface area contributed by atoms with E-state index in [9.17, 15) is 9.59 Å². The van der Waals surface area contributed by atoms with Gasteiger partial charge >= 0.3 is 5.97 Å². The molecule has 0 spiro atoms. The van der Waals surface area contributed by atoms with E-state index in [-0.39, 0.29) is 25.2 Å². The first-order valence-corrected chi connectivity index (χ1v) is 9.59. The summed E-state index contributed by atoms with van der Waals surface area (Å²) in [4.78, 5) is 29.4. The molecule has 0 radical (unpaired) electrons. The molecule has 0 aliphatic heterocycles. The maximum absolute atomic E-state index is 12.3. The molecule has 0 atom stereocenters. The van der Waals surface area contributed by atoms with Crippen LogP contribution in [0.2, 0.25) is 0 Å². The molecular weight excluding hydrogens is 366 g/mol. The lowest BCUT2D eigenvalue weighted by Gasteiger charge is -2.06. The quantitative estimate of drug-likeness (QED) is 0.434. The molecule has 0 aliphatic carbocycles. The molecule has 0 aromatic carbocycles. The Morgan fingerprint density at radius 1 is 1.33 bits per heavy atom. The van der Waals surface area contributed by atoms with E-state index in [2.05, 4.69) is 14.7 Å². The van der Waals surface area contributed by atoms with Crippen molar-refractivity contribution in [2.45, 2.75) is 40.2 Å². The van der Waals surface area contributed by atoms with Crippen LogP contribution in [-0.2, 0) is 22.5 Å². The zero-order valence-electron chi connectivity index (χ0n) is 15.5. The maximum atomic E-state index is 12.3. The van der Waals surface area contributed by atoms with Crippen LogP contribution in [0, 0.1) is 13.8 Å². The third kappa shape index (κ3) is 4.33. The number of Topliss-reactive ketones (excluding diaryl/α,β-unsaturated/α-hetero) is 1. The van der Waals surface area contributed by atoms with Gasteiger partial charge in [-0.1, -0.05) is 11.2 Å². The smallest absolute Gasteiger partial charge is 0.306 e. The van der Waals surface area contributed by atoms with Crippen LogP contribution in [-0.4, -0.2) is 33.1 Å². The molecule has 8 heteroatoms. The van der Waals surface area contributed by atoms with Gasteiger partial charge in [0, 0.05) is 29.9 Å². The van der Waals surface area contributed by atoms with Crippen LogP contribution in [0.15, 0.2) is 28.1 Å². The van der Waals surface area contributed by atoms with Gasteiger partial charge in [0.25, 0.3) is 0 Å². The summed E-state index contributed by atoms with van der Waals surface area (Å²) in [6.07, 6.45) is 0.350. The van der Waals surface area contributed by atoms with E-state index >= 15 is 0 Å². The van der Waals surface area contributed by atoms with Crippen LogP contribution in [0.25, 0.3) is 10.7 Å². The standard InChI is InChI=1S/C19H21N3O4S/c1-4-22-12(2)10-14(13(22)3)15(23)11-25-18(24)8-7-17-20-19(21-26-17)16-6-5-9-27-16/h5-6,9-10H,4,7-8,11H2,1-3H3. The molecule has 142 valence electrons. The number of rotatable bonds is 8. The van der Waals surface area contributed by atoms with Crippen molar-refractivity contribution in [1.82, 2.24) is 14.7 Å². The largest absolute Gasteiger partial charge is 0.457 e. The third-order valence-electron chi connectivity index (χ3n) is 4.31. The van der Waals surface area contributed by atoms with Crippen LogP contribution in [0.4, 0.5) is 0 Å². The second-order valence-corrected chi connectivity index (χ2v) is 7.05. The van der Waals surface area contributed by atoms with E-state index in [1.54, 1.807) is 0 Å². The summed E-state index contributed by atoms with van der Waals surface area (Å²) >= 11 is 1.51. The predicted molar refractivity (Wildman–Crippen MR) is 101 cm³/mol. The number of thiophene rings is 1. The summed E-state index contributed by atoms with van der Waals surface area (Å²) in [5.41, 5.74) is 2.50. The second kappa shape index (κ2) is 8.30. The number of hydrogen-bond donors (Lipinski definition) is 0. The molecule has 0 amide bonds. The lowest BCUT2D eigenvalue weighted by atomic mass is 10.1. The van der Waals surface area contributed by atoms with Crippen molar-refractivity contribution in [3.63, 3.8) is 0 Å². The van der Waals surface area contributed by atoms with Crippen molar-refractivity contribution >= 4 is 23.1 Å². The van der Waals surface area contributed by atoms with E-state index in [4.69, 9.17) is 9.26 Å². The number of ketones is 1. The van der Waals surface area contributed by atoms with Crippen LogP contribution in [0.5, 0.6) is 0 Å². The van der Waals surface area contributed by atoms with Crippen LogP contribution in [0.1, 0.15) is 41.0 Å². The van der Waals surface area contributed by atoms with Gasteiger partial charge in [-0.3, -0.25) is 9.59 Å². The molecule has 3 rings (SSSR count). The molecule has 0 fully saturated rings. The Morgan fingerprint density at radius 2 is 2.15 bits per heavy atom. The summed E-state index contributed by atoms with van der Waals surface area (Å²) < 4.78 is 12.3. The predicted octanol–water partition coefficient (Wildman–Crippen LogP) is 3.60. The van der Waals surface area contributed by atoms with Gasteiger partial charge in [-0.15, -0.1) is 11.3 Å². The zero-order valence-corrected chi connectivity index (χ0v) is 16.3. The van der Waals surface area contributed by atoms with Gasteiger partial charge in [0.05, 0.1) is 11.3 Å². The van der Waals surface area contributed by atoms with E-state index in [1.807, 2.05) is 44.4 Å². The molecule has 0 N–H and O–H groups in total. The number of aromatic nitrogens is 3. The second-order valence-electron chi connectivity index (χ2n) is 6.10. The summed E-state index contributed by atoms with van der Waals surface area (Å²) in [5.74, 6) is 0.209. The van der Waals surface area contributed by atoms with E-state index < -0.39 is 5.97 Å². The summed E-state index contributed by atoms with van der Waals surface area (Å²) in [7, 11) is 0. The van der Waals surface area contributed by atoms with E-state index in [0.29, 0.717) is 17.3 Å². The number of carbonyl (C=O) groups is 2. The van der Waals surface area contributed by atoms with Crippen molar-refractivity contribution in [2.24, 2.45) is 0 Å². The Morgan fingerprint density at radius 3 is 2.81 bits per heavy atom. The highest BCUT2D eigenvalue weighted by atomic mass is 32.1. The zero-order chi connectivity index (χ0) is 19.4. The molecular formula is C19H21N3O4S. The molecule has 3 aromatic rings. The molecule has 3 aromatic heterocycles. The fourth-order valence-corrected chi connectivity index (χ4v) is 3.59. The fraction of sp³-hybridized carbons (Fsp3) is 0.368. The molecule has 0 unspecified atom stereocenters. The van der Waals surface area contributed by atoms with Crippen molar-refractivity contribution in [2.75, 3.05) is 6.61 Å². The normalized spacial score (nSPS) is 10.9. The molecule has 3 heterocycles. The van der Waals surface area contributed by atoms with Crippen molar-refractivity contribution in [3.8, 4) is 10.7 Å². The fourth-order valence-electron chi connectivity index (χ4n) is 2.94. The average Bonchev–Trinajstić information content (AvgIpc) is 3.38. The summed E-state index contributed by atoms with van der Waals surface area (Å²) in [6, 6.07) is 5.64. The molecule has 27 heavy (non-hydrogen) atoms. The van der Waals surface area contributed by atoms with Crippen molar-refractivity contribution in [3.05, 3.63) is 46.4 Å². The molecule has 0 bridgehead atoms. The number of hydrogen-bond acceptors (Lipinski definition) is 7. The van der Waals surface area contributed by atoms with Gasteiger partial charge in [0.2, 0.25) is 17.5 Å². The first kappa shape index (κ1) is 19.0. The Balaban J connectivity index is 1.49. The summed E-state index contributed by atoms with van der Waals surface area (Å²) in [6.45, 7) is 6.40. The first-order valence-electron chi connectivity index (χ1n) is 8.71. The minimum Gasteiger partial charge on any atom is -0.457 e. The Labute approximate surface area is 161 Å². The van der Waals surface area contributed by atoms with Gasteiger partial charge in [-0.25, -0.2) is 0 Å². The van der Waals surface area contributed by atoms with Gasteiger partial charge in [-0.2, -0.15) is 4.98 Å². The highest BCUT2D eigenvalue weighted by molar-refractivity contribution is 7.13.